The Bertz CT molecular complexity index is 726. The predicted octanol–water partition coefficient (Wildman–Crippen LogP) is 3.45. The van der Waals surface area contributed by atoms with Gasteiger partial charge in [-0.2, -0.15) is 0 Å². The number of amides is 1. The SMILES string of the molecule is Cc1cc(Cl)ccc1OC(=O)C1CCCN1C(=O)c1ccco1. The van der Waals surface area contributed by atoms with Gasteiger partial charge >= 0.3 is 5.97 Å². The normalized spacial score (nSPS) is 17.3. The fraction of sp³-hybridized carbons (Fsp3) is 0.294. The lowest BCUT2D eigenvalue weighted by atomic mass is 10.2. The van der Waals surface area contributed by atoms with Crippen molar-refractivity contribution in [2.45, 2.75) is 25.8 Å². The number of likely N-dealkylation sites (tertiary alicyclic amines) is 1. The molecule has 6 heteroatoms. The highest BCUT2D eigenvalue weighted by atomic mass is 35.5. The van der Waals surface area contributed by atoms with Crippen LogP contribution in [0.2, 0.25) is 5.02 Å². The third-order valence-electron chi connectivity index (χ3n) is 3.87. The van der Waals surface area contributed by atoms with E-state index in [2.05, 4.69) is 0 Å². The largest absolute Gasteiger partial charge is 0.459 e. The van der Waals surface area contributed by atoms with Gasteiger partial charge in [0.1, 0.15) is 11.8 Å². The van der Waals surface area contributed by atoms with Crippen molar-refractivity contribution in [2.75, 3.05) is 6.54 Å². The predicted molar refractivity (Wildman–Crippen MR) is 84.6 cm³/mol. The Morgan fingerprint density at radius 3 is 2.87 bits per heavy atom. The fourth-order valence-corrected chi connectivity index (χ4v) is 2.93. The molecule has 2 heterocycles. The third-order valence-corrected chi connectivity index (χ3v) is 4.10. The van der Waals surface area contributed by atoms with E-state index in [-0.39, 0.29) is 11.7 Å². The molecule has 1 amide bonds. The molecule has 1 aliphatic heterocycles. The molecule has 0 spiro atoms. The summed E-state index contributed by atoms with van der Waals surface area (Å²) >= 11 is 5.90. The highest BCUT2D eigenvalue weighted by molar-refractivity contribution is 6.30. The molecule has 1 fully saturated rings. The van der Waals surface area contributed by atoms with Crippen LogP contribution in [0.1, 0.15) is 29.0 Å². The highest BCUT2D eigenvalue weighted by Crippen LogP contribution is 2.25. The number of nitrogens with zero attached hydrogens (tertiary/aromatic N) is 1. The number of esters is 1. The van der Waals surface area contributed by atoms with E-state index in [1.807, 2.05) is 6.92 Å². The summed E-state index contributed by atoms with van der Waals surface area (Å²) in [7, 11) is 0. The van der Waals surface area contributed by atoms with Crippen LogP contribution in [0, 0.1) is 6.92 Å². The average Bonchev–Trinajstić information content (AvgIpc) is 3.20. The molecule has 0 radical (unpaired) electrons. The zero-order valence-electron chi connectivity index (χ0n) is 12.6. The monoisotopic (exact) mass is 333 g/mol. The van der Waals surface area contributed by atoms with E-state index in [4.69, 9.17) is 20.8 Å². The maximum Gasteiger partial charge on any atom is 0.334 e. The number of ether oxygens (including phenoxy) is 1. The Morgan fingerprint density at radius 1 is 1.35 bits per heavy atom. The second-order valence-corrected chi connectivity index (χ2v) is 5.90. The Morgan fingerprint density at radius 2 is 2.17 bits per heavy atom. The Balaban J connectivity index is 1.74. The molecule has 2 aromatic rings. The molecule has 0 N–H and O–H groups in total. The Hall–Kier alpha value is -2.27. The van der Waals surface area contributed by atoms with Crippen molar-refractivity contribution in [2.24, 2.45) is 0 Å². The van der Waals surface area contributed by atoms with Gasteiger partial charge in [0.2, 0.25) is 0 Å². The first-order valence-electron chi connectivity index (χ1n) is 7.38. The van der Waals surface area contributed by atoms with Crippen LogP contribution in [-0.2, 0) is 4.79 Å². The number of hydrogen-bond donors (Lipinski definition) is 0. The van der Waals surface area contributed by atoms with Crippen molar-refractivity contribution < 1.29 is 18.7 Å². The minimum Gasteiger partial charge on any atom is -0.459 e. The zero-order valence-corrected chi connectivity index (χ0v) is 13.4. The number of furan rings is 1. The molecular weight excluding hydrogens is 318 g/mol. The van der Waals surface area contributed by atoms with Gasteiger partial charge in [0.15, 0.2) is 5.76 Å². The molecule has 1 aromatic carbocycles. The fourth-order valence-electron chi connectivity index (χ4n) is 2.70. The molecule has 0 aliphatic carbocycles. The van der Waals surface area contributed by atoms with Crippen LogP contribution in [0.3, 0.4) is 0 Å². The second kappa shape index (κ2) is 6.46. The van der Waals surface area contributed by atoms with Gasteiger partial charge in [0, 0.05) is 11.6 Å². The van der Waals surface area contributed by atoms with E-state index < -0.39 is 12.0 Å². The van der Waals surface area contributed by atoms with E-state index >= 15 is 0 Å². The number of carbonyl (C=O) groups is 2. The molecule has 1 saturated heterocycles. The molecule has 0 saturated carbocycles. The van der Waals surface area contributed by atoms with Crippen LogP contribution >= 0.6 is 11.6 Å². The minimum absolute atomic E-state index is 0.229. The van der Waals surface area contributed by atoms with Gasteiger partial charge in [-0.3, -0.25) is 4.79 Å². The highest BCUT2D eigenvalue weighted by Gasteiger charge is 2.37. The zero-order chi connectivity index (χ0) is 16.4. The minimum atomic E-state index is -0.595. The molecule has 1 unspecified atom stereocenters. The molecule has 5 nitrogen and oxygen atoms in total. The van der Waals surface area contributed by atoms with Crippen molar-refractivity contribution in [3.05, 3.63) is 52.9 Å². The number of halogens is 1. The van der Waals surface area contributed by atoms with Crippen LogP contribution in [0.25, 0.3) is 0 Å². The number of aryl methyl sites for hydroxylation is 1. The smallest absolute Gasteiger partial charge is 0.334 e. The lowest BCUT2D eigenvalue weighted by Crippen LogP contribution is -2.42. The molecule has 1 aliphatic rings. The number of carbonyl (C=O) groups excluding carboxylic acids is 2. The lowest BCUT2D eigenvalue weighted by molar-refractivity contribution is -0.138. The second-order valence-electron chi connectivity index (χ2n) is 5.46. The first-order valence-corrected chi connectivity index (χ1v) is 7.76. The number of rotatable bonds is 3. The molecule has 3 rings (SSSR count). The average molecular weight is 334 g/mol. The van der Waals surface area contributed by atoms with Gasteiger partial charge in [0.25, 0.3) is 5.91 Å². The van der Waals surface area contributed by atoms with Crippen molar-refractivity contribution in [3.8, 4) is 5.75 Å². The van der Waals surface area contributed by atoms with Crippen LogP contribution in [-0.4, -0.2) is 29.4 Å². The quantitative estimate of drug-likeness (QED) is 0.637. The molecule has 23 heavy (non-hydrogen) atoms. The van der Waals surface area contributed by atoms with Gasteiger partial charge in [0.05, 0.1) is 6.26 Å². The summed E-state index contributed by atoms with van der Waals surface area (Å²) in [4.78, 5) is 26.4. The van der Waals surface area contributed by atoms with E-state index in [9.17, 15) is 9.59 Å². The van der Waals surface area contributed by atoms with Gasteiger partial charge in [-0.25, -0.2) is 4.79 Å². The third kappa shape index (κ3) is 3.24. The van der Waals surface area contributed by atoms with Crippen molar-refractivity contribution >= 4 is 23.5 Å². The number of hydrogen-bond acceptors (Lipinski definition) is 4. The summed E-state index contributed by atoms with van der Waals surface area (Å²) in [6.45, 7) is 2.33. The van der Waals surface area contributed by atoms with Crippen LogP contribution in [0.5, 0.6) is 5.75 Å². The molecule has 1 aromatic heterocycles. The van der Waals surface area contributed by atoms with Crippen molar-refractivity contribution in [3.63, 3.8) is 0 Å². The first-order chi connectivity index (χ1) is 11.1. The molecule has 1 atom stereocenters. The summed E-state index contributed by atoms with van der Waals surface area (Å²) in [6.07, 6.45) is 2.78. The topological polar surface area (TPSA) is 59.8 Å². The Labute approximate surface area is 138 Å². The van der Waals surface area contributed by atoms with E-state index in [0.717, 1.165) is 12.0 Å². The maximum atomic E-state index is 12.5. The van der Waals surface area contributed by atoms with Gasteiger partial charge < -0.3 is 14.1 Å². The summed E-state index contributed by atoms with van der Waals surface area (Å²) in [5.41, 5.74) is 0.771. The molecular formula is C17H16ClNO4. The molecule has 0 bridgehead atoms. The molecule has 120 valence electrons. The summed E-state index contributed by atoms with van der Waals surface area (Å²) < 4.78 is 10.6. The van der Waals surface area contributed by atoms with Gasteiger partial charge in [-0.05, 0) is 55.7 Å². The van der Waals surface area contributed by atoms with E-state index in [0.29, 0.717) is 23.7 Å². The lowest BCUT2D eigenvalue weighted by Gasteiger charge is -2.22. The van der Waals surface area contributed by atoms with Crippen LogP contribution in [0.4, 0.5) is 0 Å². The van der Waals surface area contributed by atoms with E-state index in [1.165, 1.54) is 11.2 Å². The maximum absolute atomic E-state index is 12.5. The summed E-state index contributed by atoms with van der Waals surface area (Å²) in [5.74, 6) is -0.0424. The number of benzene rings is 1. The van der Waals surface area contributed by atoms with Crippen LogP contribution < -0.4 is 4.74 Å². The van der Waals surface area contributed by atoms with Gasteiger partial charge in [-0.1, -0.05) is 11.6 Å². The van der Waals surface area contributed by atoms with E-state index in [1.54, 1.807) is 30.3 Å². The Kier molecular flexibility index (Phi) is 4.39. The van der Waals surface area contributed by atoms with Crippen molar-refractivity contribution in [1.29, 1.82) is 0 Å². The first kappa shape index (κ1) is 15.6. The summed E-state index contributed by atoms with van der Waals surface area (Å²) in [6, 6.07) is 7.69. The van der Waals surface area contributed by atoms with Crippen molar-refractivity contribution in [1.82, 2.24) is 4.90 Å². The summed E-state index contributed by atoms with van der Waals surface area (Å²) in [5, 5.41) is 0.581. The standard InChI is InChI=1S/C17H16ClNO4/c1-11-10-12(18)6-7-14(11)23-17(21)13-4-2-8-19(13)16(20)15-5-3-9-22-15/h3,5-7,9-10,13H,2,4,8H2,1H3. The van der Waals surface area contributed by atoms with Crippen LogP contribution in [0.15, 0.2) is 41.0 Å². The van der Waals surface area contributed by atoms with Gasteiger partial charge in [-0.15, -0.1) is 0 Å².